The highest BCUT2D eigenvalue weighted by Crippen LogP contribution is 2.37. The third kappa shape index (κ3) is 2.54. The molecule has 1 atom stereocenters. The van der Waals surface area contributed by atoms with Gasteiger partial charge in [-0.05, 0) is 23.2 Å². The molecule has 0 bridgehead atoms. The second-order valence-corrected chi connectivity index (χ2v) is 5.78. The fourth-order valence-corrected chi connectivity index (χ4v) is 3.31. The van der Waals surface area contributed by atoms with Crippen molar-refractivity contribution in [3.8, 4) is 11.5 Å². The quantitative estimate of drug-likeness (QED) is 0.614. The van der Waals surface area contributed by atoms with Gasteiger partial charge in [-0.2, -0.15) is 8.42 Å². The molecule has 1 unspecified atom stereocenters. The zero-order valence-electron chi connectivity index (χ0n) is 10.2. The van der Waals surface area contributed by atoms with Gasteiger partial charge in [0.2, 0.25) is 0 Å². The first-order valence-corrected chi connectivity index (χ1v) is 7.05. The maximum Gasteiger partial charge on any atom is 0.298 e. The number of carbonyl (C=O) groups excluding carboxylic acids is 1. The molecule has 1 aliphatic rings. The molecule has 0 saturated heterocycles. The summed E-state index contributed by atoms with van der Waals surface area (Å²) >= 11 is 5.30. The van der Waals surface area contributed by atoms with E-state index in [1.54, 1.807) is 0 Å². The summed E-state index contributed by atoms with van der Waals surface area (Å²) in [6.07, 6.45) is -1.14. The van der Waals surface area contributed by atoms with Crippen molar-refractivity contribution in [2.75, 3.05) is 14.2 Å². The average molecular weight is 307 g/mol. The molecule has 1 aromatic carbocycles. The summed E-state index contributed by atoms with van der Waals surface area (Å²) in [4.78, 5) is 11.1. The van der Waals surface area contributed by atoms with E-state index in [0.29, 0.717) is 11.3 Å². The molecule has 19 heavy (non-hydrogen) atoms. The van der Waals surface area contributed by atoms with Crippen LogP contribution < -0.4 is 9.47 Å². The van der Waals surface area contributed by atoms with Gasteiger partial charge in [0, 0.05) is 12.5 Å². The lowest BCUT2D eigenvalue weighted by Crippen LogP contribution is -2.31. The number of hydrogen-bond donors (Lipinski definition) is 0. The number of carbonyl (C=O) groups is 1. The second-order valence-electron chi connectivity index (χ2n) is 3.86. The molecule has 1 aliphatic heterocycles. The van der Waals surface area contributed by atoms with E-state index < -0.39 is 21.5 Å². The summed E-state index contributed by atoms with van der Waals surface area (Å²) < 4.78 is 38.7. The first-order chi connectivity index (χ1) is 8.89. The molecule has 0 aliphatic carbocycles. The van der Waals surface area contributed by atoms with Crippen LogP contribution in [0.3, 0.4) is 0 Å². The number of rotatable bonds is 3. The van der Waals surface area contributed by atoms with Crippen LogP contribution in [-0.4, -0.2) is 34.0 Å². The van der Waals surface area contributed by atoms with Crippen LogP contribution in [0.2, 0.25) is 0 Å². The third-order valence-electron chi connectivity index (χ3n) is 2.74. The standard InChI is InChI=1S/C11H11ClO6S/c1-16-7-3-6-4-9(11(12)13)18-19(14,15)10(6)5-8(7)17-2/h3,5,9H,4H2,1-2H3. The maximum absolute atomic E-state index is 11.9. The predicted molar refractivity (Wildman–Crippen MR) is 66.2 cm³/mol. The summed E-state index contributed by atoms with van der Waals surface area (Å²) in [5.41, 5.74) is 0.405. The molecule has 0 saturated carbocycles. The van der Waals surface area contributed by atoms with Gasteiger partial charge >= 0.3 is 0 Å². The van der Waals surface area contributed by atoms with Gasteiger partial charge in [-0.25, -0.2) is 0 Å². The van der Waals surface area contributed by atoms with Crippen LogP contribution in [0.25, 0.3) is 0 Å². The molecule has 1 aromatic rings. The van der Waals surface area contributed by atoms with Crippen molar-refractivity contribution in [1.29, 1.82) is 0 Å². The van der Waals surface area contributed by atoms with Crippen LogP contribution >= 0.6 is 11.6 Å². The van der Waals surface area contributed by atoms with Crippen LogP contribution in [0, 0.1) is 0 Å². The third-order valence-corrected chi connectivity index (χ3v) is 4.39. The molecule has 6 nitrogen and oxygen atoms in total. The zero-order valence-corrected chi connectivity index (χ0v) is 11.7. The largest absolute Gasteiger partial charge is 0.493 e. The van der Waals surface area contributed by atoms with E-state index in [2.05, 4.69) is 0 Å². The number of ether oxygens (including phenoxy) is 2. The highest BCUT2D eigenvalue weighted by molar-refractivity contribution is 7.87. The smallest absolute Gasteiger partial charge is 0.298 e. The molecule has 0 aromatic heterocycles. The minimum atomic E-state index is -4.03. The first-order valence-electron chi connectivity index (χ1n) is 5.26. The Morgan fingerprint density at radius 1 is 1.32 bits per heavy atom. The molecule has 0 radical (unpaired) electrons. The van der Waals surface area contributed by atoms with Crippen LogP contribution in [0.1, 0.15) is 5.56 Å². The van der Waals surface area contributed by atoms with E-state index >= 15 is 0 Å². The first kappa shape index (κ1) is 14.1. The minimum absolute atomic E-state index is 0.0423. The Hall–Kier alpha value is -1.31. The molecule has 2 rings (SSSR count). The molecule has 0 N–H and O–H groups in total. The number of benzene rings is 1. The summed E-state index contributed by atoms with van der Waals surface area (Å²) in [6.45, 7) is 0. The van der Waals surface area contributed by atoms with E-state index in [1.807, 2.05) is 0 Å². The maximum atomic E-state index is 11.9. The Morgan fingerprint density at radius 2 is 1.89 bits per heavy atom. The fourth-order valence-electron chi connectivity index (χ4n) is 1.85. The lowest BCUT2D eigenvalue weighted by Gasteiger charge is -2.23. The number of hydrogen-bond acceptors (Lipinski definition) is 6. The van der Waals surface area contributed by atoms with Crippen molar-refractivity contribution < 1.29 is 26.9 Å². The van der Waals surface area contributed by atoms with Gasteiger partial charge in [-0.1, -0.05) is 0 Å². The van der Waals surface area contributed by atoms with Gasteiger partial charge in [-0.3, -0.25) is 8.98 Å². The molecule has 104 valence electrons. The van der Waals surface area contributed by atoms with Gasteiger partial charge in [0.15, 0.2) is 17.6 Å². The lowest BCUT2D eigenvalue weighted by atomic mass is 10.1. The van der Waals surface area contributed by atoms with Crippen molar-refractivity contribution in [2.24, 2.45) is 0 Å². The SMILES string of the molecule is COc1cc2c(cc1OC)S(=O)(=O)OC(C(=O)Cl)C2. The van der Waals surface area contributed by atoms with Gasteiger partial charge in [-0.15, -0.1) is 0 Å². The highest BCUT2D eigenvalue weighted by atomic mass is 35.5. The van der Waals surface area contributed by atoms with Crippen molar-refractivity contribution in [3.63, 3.8) is 0 Å². The number of fused-ring (bicyclic) bond motifs is 1. The Balaban J connectivity index is 2.60. The zero-order chi connectivity index (χ0) is 14.2. The predicted octanol–water partition coefficient (Wildman–Crippen LogP) is 1.10. The van der Waals surface area contributed by atoms with Crippen molar-refractivity contribution in [3.05, 3.63) is 17.7 Å². The van der Waals surface area contributed by atoms with E-state index in [0.717, 1.165) is 0 Å². The van der Waals surface area contributed by atoms with Gasteiger partial charge in [0.05, 0.1) is 14.2 Å². The number of halogens is 1. The molecular formula is C11H11ClO6S. The van der Waals surface area contributed by atoms with Crippen molar-refractivity contribution in [2.45, 2.75) is 17.4 Å². The number of methoxy groups -OCH3 is 2. The molecule has 0 spiro atoms. The molecular weight excluding hydrogens is 296 g/mol. The Morgan fingerprint density at radius 3 is 2.42 bits per heavy atom. The molecule has 1 heterocycles. The summed E-state index contributed by atoms with van der Waals surface area (Å²) in [5.74, 6) is 0.642. The summed E-state index contributed by atoms with van der Waals surface area (Å²) in [5, 5.41) is -0.857. The van der Waals surface area contributed by atoms with Crippen LogP contribution in [0.4, 0.5) is 0 Å². The van der Waals surface area contributed by atoms with Crippen LogP contribution in [0.15, 0.2) is 17.0 Å². The van der Waals surface area contributed by atoms with Gasteiger partial charge in [0.25, 0.3) is 15.4 Å². The van der Waals surface area contributed by atoms with Crippen LogP contribution in [-0.2, 0) is 25.5 Å². The molecule has 8 heteroatoms. The highest BCUT2D eigenvalue weighted by Gasteiger charge is 2.35. The van der Waals surface area contributed by atoms with E-state index in [1.165, 1.54) is 26.4 Å². The Labute approximate surface area is 115 Å². The molecule has 0 fully saturated rings. The second kappa shape index (κ2) is 4.99. The van der Waals surface area contributed by atoms with Crippen molar-refractivity contribution >= 4 is 27.0 Å². The van der Waals surface area contributed by atoms with Crippen molar-refractivity contribution in [1.82, 2.24) is 0 Å². The normalized spacial score (nSPS) is 20.5. The average Bonchev–Trinajstić information content (AvgIpc) is 2.36. The van der Waals surface area contributed by atoms with Crippen LogP contribution in [0.5, 0.6) is 11.5 Å². The van der Waals surface area contributed by atoms with E-state index in [4.69, 9.17) is 25.3 Å². The summed E-state index contributed by atoms with van der Waals surface area (Å²) in [7, 11) is -1.21. The lowest BCUT2D eigenvalue weighted by molar-refractivity contribution is -0.117. The van der Waals surface area contributed by atoms with Gasteiger partial charge < -0.3 is 9.47 Å². The monoisotopic (exact) mass is 306 g/mol. The fraction of sp³-hybridized carbons (Fsp3) is 0.364. The van der Waals surface area contributed by atoms with Gasteiger partial charge in [0.1, 0.15) is 4.90 Å². The Bertz CT molecular complexity index is 624. The van der Waals surface area contributed by atoms with E-state index in [-0.39, 0.29) is 17.1 Å². The summed E-state index contributed by atoms with van der Waals surface area (Å²) in [6, 6.07) is 2.81. The topological polar surface area (TPSA) is 78.9 Å². The molecule has 0 amide bonds. The minimum Gasteiger partial charge on any atom is -0.493 e. The van der Waals surface area contributed by atoms with E-state index in [9.17, 15) is 13.2 Å². The Kier molecular flexibility index (Phi) is 3.71.